The quantitative estimate of drug-likeness (QED) is 0.767. The summed E-state index contributed by atoms with van der Waals surface area (Å²) >= 11 is 0. The Hall–Kier alpha value is -1.48. The van der Waals surface area contributed by atoms with Gasteiger partial charge in [-0.05, 0) is 18.9 Å². The van der Waals surface area contributed by atoms with Crippen molar-refractivity contribution in [3.8, 4) is 0 Å². The molecule has 0 saturated carbocycles. The van der Waals surface area contributed by atoms with Crippen LogP contribution < -0.4 is 5.73 Å². The molecule has 3 heteroatoms. The largest absolute Gasteiger partial charge is 0.321 e. The van der Waals surface area contributed by atoms with Crippen LogP contribution in [0.15, 0.2) is 24.3 Å². The number of Topliss-reactive ketones (excluding diaryl/α,β-unsaturated/α-hetero) is 2. The van der Waals surface area contributed by atoms with E-state index in [1.807, 2.05) is 12.1 Å². The molecule has 0 aliphatic heterocycles. The molecule has 1 aromatic carbocycles. The third-order valence-electron chi connectivity index (χ3n) is 2.58. The second-order valence-corrected chi connectivity index (χ2v) is 3.88. The van der Waals surface area contributed by atoms with E-state index in [9.17, 15) is 9.59 Å². The van der Waals surface area contributed by atoms with E-state index in [4.69, 9.17) is 5.73 Å². The van der Waals surface area contributed by atoms with Gasteiger partial charge in [-0.1, -0.05) is 31.2 Å². The molecule has 1 atom stereocenters. The standard InChI is InChI=1S/C13H17NO2/c1-3-13(16)12(14)8-10-4-6-11(7-5-10)9(2)15/h4-7,12H,3,8,14H2,1-2H3. The fourth-order valence-electron chi connectivity index (χ4n) is 1.51. The molecule has 0 aliphatic carbocycles. The van der Waals surface area contributed by atoms with Gasteiger partial charge in [0.2, 0.25) is 0 Å². The average molecular weight is 219 g/mol. The van der Waals surface area contributed by atoms with Crippen LogP contribution in [0, 0.1) is 0 Å². The Morgan fingerprint density at radius 2 is 1.81 bits per heavy atom. The van der Waals surface area contributed by atoms with Crippen molar-refractivity contribution in [3.63, 3.8) is 0 Å². The number of benzene rings is 1. The minimum atomic E-state index is -0.437. The first kappa shape index (κ1) is 12.6. The predicted molar refractivity (Wildman–Crippen MR) is 63.4 cm³/mol. The third kappa shape index (κ3) is 3.28. The summed E-state index contributed by atoms with van der Waals surface area (Å²) in [6.07, 6.45) is 0.998. The molecule has 0 aromatic heterocycles. The summed E-state index contributed by atoms with van der Waals surface area (Å²) in [6.45, 7) is 3.34. The molecule has 0 radical (unpaired) electrons. The van der Waals surface area contributed by atoms with Crippen molar-refractivity contribution in [3.05, 3.63) is 35.4 Å². The van der Waals surface area contributed by atoms with Crippen molar-refractivity contribution in [2.45, 2.75) is 32.7 Å². The van der Waals surface area contributed by atoms with Crippen LogP contribution >= 0.6 is 0 Å². The highest BCUT2D eigenvalue weighted by molar-refractivity contribution is 5.94. The summed E-state index contributed by atoms with van der Waals surface area (Å²) in [5.41, 5.74) is 7.41. The van der Waals surface area contributed by atoms with E-state index in [0.717, 1.165) is 5.56 Å². The van der Waals surface area contributed by atoms with E-state index in [1.165, 1.54) is 6.92 Å². The van der Waals surface area contributed by atoms with Crippen LogP contribution in [0.1, 0.15) is 36.2 Å². The van der Waals surface area contributed by atoms with Gasteiger partial charge in [0.05, 0.1) is 6.04 Å². The Kier molecular flexibility index (Phi) is 4.38. The minimum Gasteiger partial charge on any atom is -0.321 e. The molecule has 86 valence electrons. The number of rotatable bonds is 5. The van der Waals surface area contributed by atoms with E-state index in [1.54, 1.807) is 19.1 Å². The zero-order valence-corrected chi connectivity index (χ0v) is 9.69. The zero-order valence-electron chi connectivity index (χ0n) is 9.69. The molecule has 2 N–H and O–H groups in total. The average Bonchev–Trinajstić information content (AvgIpc) is 2.28. The zero-order chi connectivity index (χ0) is 12.1. The maximum absolute atomic E-state index is 11.3. The fraction of sp³-hybridized carbons (Fsp3) is 0.385. The van der Waals surface area contributed by atoms with Gasteiger partial charge in [-0.3, -0.25) is 9.59 Å². The van der Waals surface area contributed by atoms with Gasteiger partial charge in [-0.15, -0.1) is 0 Å². The molecule has 0 aliphatic rings. The van der Waals surface area contributed by atoms with Gasteiger partial charge < -0.3 is 5.73 Å². The summed E-state index contributed by atoms with van der Waals surface area (Å²) in [7, 11) is 0. The minimum absolute atomic E-state index is 0.0421. The SMILES string of the molecule is CCC(=O)C(N)Cc1ccc(C(C)=O)cc1. The first-order chi connectivity index (χ1) is 7.54. The molecular formula is C13H17NO2. The second kappa shape index (κ2) is 5.56. The van der Waals surface area contributed by atoms with E-state index >= 15 is 0 Å². The summed E-state index contributed by atoms with van der Waals surface area (Å²) in [6, 6.07) is 6.79. The lowest BCUT2D eigenvalue weighted by atomic mass is 10.0. The number of carbonyl (C=O) groups excluding carboxylic acids is 2. The predicted octanol–water partition coefficient (Wildman–Crippen LogP) is 1.74. The summed E-state index contributed by atoms with van der Waals surface area (Å²) in [5.74, 6) is 0.108. The van der Waals surface area contributed by atoms with Crippen molar-refractivity contribution in [2.75, 3.05) is 0 Å². The molecule has 1 rings (SSSR count). The molecule has 0 spiro atoms. The van der Waals surface area contributed by atoms with Gasteiger partial charge in [0.15, 0.2) is 5.78 Å². The lowest BCUT2D eigenvalue weighted by Crippen LogP contribution is -2.32. The lowest BCUT2D eigenvalue weighted by Gasteiger charge is -2.09. The van der Waals surface area contributed by atoms with Crippen LogP contribution in [0.5, 0.6) is 0 Å². The molecule has 0 saturated heterocycles. The van der Waals surface area contributed by atoms with E-state index < -0.39 is 6.04 Å². The molecule has 0 bridgehead atoms. The van der Waals surface area contributed by atoms with Crippen molar-refractivity contribution in [2.24, 2.45) is 5.73 Å². The highest BCUT2D eigenvalue weighted by atomic mass is 16.1. The number of hydrogen-bond acceptors (Lipinski definition) is 3. The second-order valence-electron chi connectivity index (χ2n) is 3.88. The Balaban J connectivity index is 2.68. The highest BCUT2D eigenvalue weighted by Crippen LogP contribution is 2.07. The number of nitrogens with two attached hydrogens (primary N) is 1. The first-order valence-corrected chi connectivity index (χ1v) is 5.42. The Morgan fingerprint density at radius 3 is 2.25 bits per heavy atom. The maximum atomic E-state index is 11.3. The van der Waals surface area contributed by atoms with E-state index in [-0.39, 0.29) is 11.6 Å². The van der Waals surface area contributed by atoms with Crippen LogP contribution in [0.4, 0.5) is 0 Å². The van der Waals surface area contributed by atoms with Crippen LogP contribution in [-0.2, 0) is 11.2 Å². The van der Waals surface area contributed by atoms with Crippen molar-refractivity contribution in [1.29, 1.82) is 0 Å². The van der Waals surface area contributed by atoms with Crippen LogP contribution in [0.25, 0.3) is 0 Å². The Morgan fingerprint density at radius 1 is 1.25 bits per heavy atom. The topological polar surface area (TPSA) is 60.2 Å². The molecule has 3 nitrogen and oxygen atoms in total. The molecule has 1 aromatic rings. The van der Waals surface area contributed by atoms with Crippen molar-refractivity contribution < 1.29 is 9.59 Å². The molecule has 1 unspecified atom stereocenters. The first-order valence-electron chi connectivity index (χ1n) is 5.42. The van der Waals surface area contributed by atoms with Crippen LogP contribution in [0.3, 0.4) is 0 Å². The molecule has 0 fully saturated rings. The van der Waals surface area contributed by atoms with Gasteiger partial charge >= 0.3 is 0 Å². The van der Waals surface area contributed by atoms with Crippen LogP contribution in [-0.4, -0.2) is 17.6 Å². The Labute approximate surface area is 95.6 Å². The van der Waals surface area contributed by atoms with Gasteiger partial charge in [-0.25, -0.2) is 0 Å². The van der Waals surface area contributed by atoms with E-state index in [2.05, 4.69) is 0 Å². The van der Waals surface area contributed by atoms with E-state index in [0.29, 0.717) is 18.4 Å². The Bertz CT molecular complexity index is 381. The highest BCUT2D eigenvalue weighted by Gasteiger charge is 2.11. The summed E-state index contributed by atoms with van der Waals surface area (Å²) in [4.78, 5) is 22.4. The fourth-order valence-corrected chi connectivity index (χ4v) is 1.51. The van der Waals surface area contributed by atoms with Gasteiger partial charge in [-0.2, -0.15) is 0 Å². The molecule has 0 amide bonds. The van der Waals surface area contributed by atoms with Crippen molar-refractivity contribution >= 4 is 11.6 Å². The summed E-state index contributed by atoms with van der Waals surface area (Å²) < 4.78 is 0. The number of hydrogen-bond donors (Lipinski definition) is 1. The van der Waals surface area contributed by atoms with Gasteiger partial charge in [0, 0.05) is 12.0 Å². The van der Waals surface area contributed by atoms with Crippen LogP contribution in [0.2, 0.25) is 0 Å². The van der Waals surface area contributed by atoms with Gasteiger partial charge in [0.25, 0.3) is 0 Å². The third-order valence-corrected chi connectivity index (χ3v) is 2.58. The maximum Gasteiger partial charge on any atom is 0.159 e. The molecule has 16 heavy (non-hydrogen) atoms. The lowest BCUT2D eigenvalue weighted by molar-refractivity contribution is -0.119. The normalized spacial score (nSPS) is 12.2. The number of ketones is 2. The monoisotopic (exact) mass is 219 g/mol. The summed E-state index contributed by atoms with van der Waals surface area (Å²) in [5, 5.41) is 0. The number of carbonyl (C=O) groups is 2. The molecule has 0 heterocycles. The smallest absolute Gasteiger partial charge is 0.159 e. The van der Waals surface area contributed by atoms with Crippen molar-refractivity contribution in [1.82, 2.24) is 0 Å². The van der Waals surface area contributed by atoms with Gasteiger partial charge in [0.1, 0.15) is 5.78 Å². The molecular weight excluding hydrogens is 202 g/mol.